The second-order valence-electron chi connectivity index (χ2n) is 6.61. The Kier molecular flexibility index (Phi) is 8.21. The van der Waals surface area contributed by atoms with Crippen molar-refractivity contribution in [3.8, 4) is 0 Å². The number of ether oxygens (including phenoxy) is 1. The summed E-state index contributed by atoms with van der Waals surface area (Å²) in [5, 5.41) is 5.14. The fourth-order valence-electron chi connectivity index (χ4n) is 2.38. The van der Waals surface area contributed by atoms with Gasteiger partial charge in [-0.3, -0.25) is 9.59 Å². The Morgan fingerprint density at radius 1 is 1.10 bits per heavy atom. The fraction of sp³-hybridized carbons (Fsp3) is 0.286. The summed E-state index contributed by atoms with van der Waals surface area (Å²) in [6, 6.07) is 11.1. The second kappa shape index (κ2) is 10.6. The number of thioether (sulfide) groups is 1. The van der Waals surface area contributed by atoms with Crippen molar-refractivity contribution < 1.29 is 23.5 Å². The smallest absolute Gasteiger partial charge is 0.339 e. The summed E-state index contributed by atoms with van der Waals surface area (Å²) >= 11 is 1.20. The average Bonchev–Trinajstić information content (AvgIpc) is 2.66. The van der Waals surface area contributed by atoms with Crippen LogP contribution in [-0.4, -0.2) is 36.2 Å². The number of anilines is 1. The first-order valence-electron chi connectivity index (χ1n) is 9.00. The number of rotatable bonds is 8. The first kappa shape index (κ1) is 22.4. The van der Waals surface area contributed by atoms with Gasteiger partial charge in [-0.15, -0.1) is 11.8 Å². The lowest BCUT2D eigenvalue weighted by Crippen LogP contribution is -2.31. The van der Waals surface area contributed by atoms with Crippen molar-refractivity contribution in [1.29, 1.82) is 0 Å². The van der Waals surface area contributed by atoms with E-state index in [-0.39, 0.29) is 29.0 Å². The summed E-state index contributed by atoms with van der Waals surface area (Å²) in [5.41, 5.74) is 0.996. The van der Waals surface area contributed by atoms with E-state index < -0.39 is 24.3 Å². The molecule has 0 fully saturated rings. The lowest BCUT2D eigenvalue weighted by molar-refractivity contribution is -0.119. The maximum atomic E-state index is 13.8. The summed E-state index contributed by atoms with van der Waals surface area (Å²) < 4.78 is 18.8. The van der Waals surface area contributed by atoms with Crippen LogP contribution in [0.3, 0.4) is 0 Å². The van der Waals surface area contributed by atoms with Crippen molar-refractivity contribution in [2.24, 2.45) is 0 Å². The van der Waals surface area contributed by atoms with Crippen molar-refractivity contribution in [3.63, 3.8) is 0 Å². The molecule has 0 aliphatic rings. The largest absolute Gasteiger partial charge is 0.452 e. The number of nitrogens with one attached hydrogen (secondary N) is 2. The molecule has 0 unspecified atom stereocenters. The molecule has 0 aliphatic heterocycles. The maximum Gasteiger partial charge on any atom is 0.339 e. The molecule has 0 bridgehead atoms. The van der Waals surface area contributed by atoms with Gasteiger partial charge < -0.3 is 15.4 Å². The molecule has 2 amide bonds. The van der Waals surface area contributed by atoms with E-state index in [9.17, 15) is 18.8 Å². The second-order valence-corrected chi connectivity index (χ2v) is 7.63. The van der Waals surface area contributed by atoms with Crippen molar-refractivity contribution in [3.05, 3.63) is 59.4 Å². The highest BCUT2D eigenvalue weighted by Crippen LogP contribution is 2.23. The quantitative estimate of drug-likeness (QED) is 0.506. The molecule has 154 valence electrons. The summed E-state index contributed by atoms with van der Waals surface area (Å²) in [6.45, 7) is 4.90. The van der Waals surface area contributed by atoms with Gasteiger partial charge in [0.05, 0.1) is 17.0 Å². The minimum absolute atomic E-state index is 0.0174. The van der Waals surface area contributed by atoms with Gasteiger partial charge in [-0.25, -0.2) is 9.18 Å². The third-order valence-electron chi connectivity index (χ3n) is 3.65. The number of halogens is 1. The number of carbonyl (C=O) groups is 3. The van der Waals surface area contributed by atoms with Crippen LogP contribution in [0.15, 0.2) is 47.4 Å². The Balaban J connectivity index is 1.93. The van der Waals surface area contributed by atoms with Gasteiger partial charge in [-0.05, 0) is 50.6 Å². The molecule has 0 atom stereocenters. The van der Waals surface area contributed by atoms with Crippen LogP contribution in [-0.2, 0) is 14.3 Å². The van der Waals surface area contributed by atoms with Gasteiger partial charge in [0.1, 0.15) is 5.82 Å². The van der Waals surface area contributed by atoms with Crippen molar-refractivity contribution in [1.82, 2.24) is 5.32 Å². The van der Waals surface area contributed by atoms with Crippen molar-refractivity contribution in [2.75, 3.05) is 17.7 Å². The fourth-order valence-corrected chi connectivity index (χ4v) is 3.24. The zero-order valence-electron chi connectivity index (χ0n) is 16.5. The van der Waals surface area contributed by atoms with Gasteiger partial charge in [-0.1, -0.05) is 18.2 Å². The molecular weight excluding hydrogens is 395 g/mol. The SMILES string of the molecule is Cc1ccc(NC(=O)COC(=O)c2ccccc2SCC(=O)NC(C)C)c(F)c1. The first-order valence-corrected chi connectivity index (χ1v) is 9.99. The van der Waals surface area contributed by atoms with Gasteiger partial charge in [0.2, 0.25) is 5.91 Å². The highest BCUT2D eigenvalue weighted by atomic mass is 32.2. The molecule has 2 rings (SSSR count). The number of hydrogen-bond donors (Lipinski definition) is 2. The van der Waals surface area contributed by atoms with E-state index in [2.05, 4.69) is 10.6 Å². The molecule has 0 heterocycles. The molecular formula is C21H23FN2O4S. The molecule has 8 heteroatoms. The average molecular weight is 418 g/mol. The van der Waals surface area contributed by atoms with Gasteiger partial charge in [0.25, 0.3) is 5.91 Å². The monoisotopic (exact) mass is 418 g/mol. The Bertz CT molecular complexity index is 902. The van der Waals surface area contributed by atoms with Crippen molar-refractivity contribution in [2.45, 2.75) is 31.7 Å². The lowest BCUT2D eigenvalue weighted by atomic mass is 10.2. The zero-order chi connectivity index (χ0) is 21.4. The molecule has 2 aromatic carbocycles. The number of benzene rings is 2. The van der Waals surface area contributed by atoms with Gasteiger partial charge in [0.15, 0.2) is 6.61 Å². The number of esters is 1. The van der Waals surface area contributed by atoms with E-state index in [0.717, 1.165) is 5.56 Å². The lowest BCUT2D eigenvalue weighted by Gasteiger charge is -2.11. The molecule has 0 saturated heterocycles. The van der Waals surface area contributed by atoms with Crippen LogP contribution in [0.2, 0.25) is 0 Å². The van der Waals surface area contributed by atoms with Gasteiger partial charge in [0, 0.05) is 10.9 Å². The zero-order valence-corrected chi connectivity index (χ0v) is 17.3. The van der Waals surface area contributed by atoms with E-state index in [4.69, 9.17) is 4.74 Å². The number of hydrogen-bond acceptors (Lipinski definition) is 5. The highest BCUT2D eigenvalue weighted by Gasteiger charge is 2.16. The third-order valence-corrected chi connectivity index (χ3v) is 4.72. The molecule has 0 saturated carbocycles. The number of aryl methyl sites for hydroxylation is 1. The topological polar surface area (TPSA) is 84.5 Å². The highest BCUT2D eigenvalue weighted by molar-refractivity contribution is 8.00. The van der Waals surface area contributed by atoms with E-state index in [1.54, 1.807) is 37.3 Å². The molecule has 0 aliphatic carbocycles. The summed E-state index contributed by atoms with van der Waals surface area (Å²) in [7, 11) is 0. The standard InChI is InChI=1S/C21H23FN2O4S/c1-13(2)23-20(26)12-29-18-7-5-4-6-15(18)21(27)28-11-19(25)24-17-9-8-14(3)10-16(17)22/h4-10,13H,11-12H2,1-3H3,(H,23,26)(H,24,25). The summed E-state index contributed by atoms with van der Waals surface area (Å²) in [4.78, 5) is 36.7. The van der Waals surface area contributed by atoms with Gasteiger partial charge >= 0.3 is 5.97 Å². The van der Waals surface area contributed by atoms with E-state index >= 15 is 0 Å². The first-order chi connectivity index (χ1) is 13.8. The molecule has 6 nitrogen and oxygen atoms in total. The van der Waals surface area contributed by atoms with Crippen LogP contribution in [0.4, 0.5) is 10.1 Å². The molecule has 29 heavy (non-hydrogen) atoms. The Hall–Kier alpha value is -2.87. The predicted octanol–water partition coefficient (Wildman–Crippen LogP) is 3.55. The number of carbonyl (C=O) groups excluding carboxylic acids is 3. The van der Waals surface area contributed by atoms with E-state index in [1.807, 2.05) is 13.8 Å². The predicted molar refractivity (Wildman–Crippen MR) is 110 cm³/mol. The van der Waals surface area contributed by atoms with E-state index in [0.29, 0.717) is 4.90 Å². The van der Waals surface area contributed by atoms with Crippen LogP contribution in [0.25, 0.3) is 0 Å². The molecule has 0 spiro atoms. The Morgan fingerprint density at radius 3 is 2.52 bits per heavy atom. The molecule has 2 N–H and O–H groups in total. The normalized spacial score (nSPS) is 10.5. The summed E-state index contributed by atoms with van der Waals surface area (Å²) in [6.07, 6.45) is 0. The van der Waals surface area contributed by atoms with Crippen LogP contribution >= 0.6 is 11.8 Å². The van der Waals surface area contributed by atoms with E-state index in [1.165, 1.54) is 23.9 Å². The minimum Gasteiger partial charge on any atom is -0.452 e. The Labute approximate surface area is 173 Å². The van der Waals surface area contributed by atoms with Gasteiger partial charge in [-0.2, -0.15) is 0 Å². The molecule has 0 radical (unpaired) electrons. The van der Waals surface area contributed by atoms with Crippen LogP contribution in [0.5, 0.6) is 0 Å². The van der Waals surface area contributed by atoms with Crippen LogP contribution in [0.1, 0.15) is 29.8 Å². The maximum absolute atomic E-state index is 13.8. The number of amides is 2. The van der Waals surface area contributed by atoms with Crippen LogP contribution in [0, 0.1) is 12.7 Å². The van der Waals surface area contributed by atoms with Crippen molar-refractivity contribution >= 4 is 35.2 Å². The van der Waals surface area contributed by atoms with Crippen LogP contribution < -0.4 is 10.6 Å². The third kappa shape index (κ3) is 7.23. The molecule has 0 aromatic heterocycles. The molecule has 2 aromatic rings. The minimum atomic E-state index is -0.697. The summed E-state index contributed by atoms with van der Waals surface area (Å²) in [5.74, 6) is -1.91. The Morgan fingerprint density at radius 2 is 1.83 bits per heavy atom.